The number of carbonyl (C=O) groups excluding carboxylic acids is 1. The number of nitrogens with one attached hydrogen (secondary N) is 2. The predicted octanol–water partition coefficient (Wildman–Crippen LogP) is 2.16. The van der Waals surface area contributed by atoms with Crippen LogP contribution in [-0.4, -0.2) is 25.6 Å². The van der Waals surface area contributed by atoms with E-state index >= 15 is 0 Å². The van der Waals surface area contributed by atoms with Crippen molar-refractivity contribution in [3.63, 3.8) is 0 Å². The molecule has 1 atom stereocenters. The van der Waals surface area contributed by atoms with Crippen molar-refractivity contribution in [2.75, 3.05) is 19.0 Å². The standard InChI is InChI=1S/C13H19FN2O2/c1-4-15-9(2)7-13(17)16-10-5-6-11(14)12(8-10)18-3/h5-6,8-9,15H,4,7H2,1-3H3,(H,16,17). The lowest BCUT2D eigenvalue weighted by Gasteiger charge is -2.12. The molecule has 0 aliphatic rings. The molecule has 0 spiro atoms. The summed E-state index contributed by atoms with van der Waals surface area (Å²) in [4.78, 5) is 11.7. The Hall–Kier alpha value is -1.62. The Labute approximate surface area is 107 Å². The molecule has 100 valence electrons. The topological polar surface area (TPSA) is 50.4 Å². The molecule has 0 fully saturated rings. The van der Waals surface area contributed by atoms with E-state index in [1.54, 1.807) is 0 Å². The average molecular weight is 254 g/mol. The van der Waals surface area contributed by atoms with Gasteiger partial charge in [-0.2, -0.15) is 0 Å². The molecule has 0 aliphatic heterocycles. The zero-order chi connectivity index (χ0) is 13.5. The number of hydrogen-bond donors (Lipinski definition) is 2. The van der Waals surface area contributed by atoms with Crippen molar-refractivity contribution < 1.29 is 13.9 Å². The van der Waals surface area contributed by atoms with E-state index in [0.717, 1.165) is 6.54 Å². The van der Waals surface area contributed by atoms with Gasteiger partial charge in [-0.25, -0.2) is 4.39 Å². The van der Waals surface area contributed by atoms with Crippen LogP contribution in [0.3, 0.4) is 0 Å². The Morgan fingerprint density at radius 1 is 1.50 bits per heavy atom. The molecule has 2 N–H and O–H groups in total. The first-order chi connectivity index (χ1) is 8.56. The average Bonchev–Trinajstić information content (AvgIpc) is 2.31. The minimum absolute atomic E-state index is 0.109. The van der Waals surface area contributed by atoms with E-state index in [9.17, 15) is 9.18 Å². The molecule has 1 aromatic carbocycles. The molecular formula is C13H19FN2O2. The SMILES string of the molecule is CCNC(C)CC(=O)Nc1ccc(F)c(OC)c1. The van der Waals surface area contributed by atoms with Crippen LogP contribution in [0.1, 0.15) is 20.3 Å². The summed E-state index contributed by atoms with van der Waals surface area (Å²) in [5.74, 6) is -0.443. The van der Waals surface area contributed by atoms with Crippen LogP contribution >= 0.6 is 0 Å². The van der Waals surface area contributed by atoms with Gasteiger partial charge in [-0.15, -0.1) is 0 Å². The highest BCUT2D eigenvalue weighted by Crippen LogP contribution is 2.21. The van der Waals surface area contributed by atoms with E-state index < -0.39 is 5.82 Å². The molecule has 0 aliphatic carbocycles. The fourth-order valence-electron chi connectivity index (χ4n) is 1.65. The van der Waals surface area contributed by atoms with E-state index in [1.807, 2.05) is 13.8 Å². The molecule has 0 radical (unpaired) electrons. The Morgan fingerprint density at radius 2 is 2.22 bits per heavy atom. The number of ether oxygens (including phenoxy) is 1. The van der Waals surface area contributed by atoms with Crippen molar-refractivity contribution in [2.24, 2.45) is 0 Å². The lowest BCUT2D eigenvalue weighted by molar-refractivity contribution is -0.116. The van der Waals surface area contributed by atoms with E-state index in [-0.39, 0.29) is 17.7 Å². The molecule has 1 unspecified atom stereocenters. The summed E-state index contributed by atoms with van der Waals surface area (Å²) in [6, 6.07) is 4.35. The van der Waals surface area contributed by atoms with Crippen molar-refractivity contribution in [3.05, 3.63) is 24.0 Å². The summed E-state index contributed by atoms with van der Waals surface area (Å²) in [5, 5.41) is 5.86. The molecule has 0 saturated heterocycles. The summed E-state index contributed by atoms with van der Waals surface area (Å²) in [6.45, 7) is 4.74. The number of halogens is 1. The predicted molar refractivity (Wildman–Crippen MR) is 69.3 cm³/mol. The second kappa shape index (κ2) is 6.96. The van der Waals surface area contributed by atoms with Gasteiger partial charge in [0.25, 0.3) is 0 Å². The summed E-state index contributed by atoms with van der Waals surface area (Å²) in [6.07, 6.45) is 0.369. The van der Waals surface area contributed by atoms with E-state index in [0.29, 0.717) is 12.1 Å². The molecule has 1 aromatic rings. The van der Waals surface area contributed by atoms with Crippen molar-refractivity contribution in [1.29, 1.82) is 0 Å². The fourth-order valence-corrected chi connectivity index (χ4v) is 1.65. The van der Waals surface area contributed by atoms with Crippen LogP contribution in [0, 0.1) is 5.82 Å². The Kier molecular flexibility index (Phi) is 5.58. The minimum Gasteiger partial charge on any atom is -0.494 e. The Morgan fingerprint density at radius 3 is 2.83 bits per heavy atom. The number of hydrogen-bond acceptors (Lipinski definition) is 3. The maximum absolute atomic E-state index is 13.2. The summed E-state index contributed by atoms with van der Waals surface area (Å²) in [7, 11) is 1.39. The lowest BCUT2D eigenvalue weighted by atomic mass is 10.2. The van der Waals surface area contributed by atoms with Gasteiger partial charge in [0.15, 0.2) is 11.6 Å². The van der Waals surface area contributed by atoms with Gasteiger partial charge in [-0.05, 0) is 25.6 Å². The third-order valence-corrected chi connectivity index (χ3v) is 2.48. The number of rotatable bonds is 6. The molecule has 0 saturated carbocycles. The minimum atomic E-state index is -0.448. The number of benzene rings is 1. The smallest absolute Gasteiger partial charge is 0.225 e. The molecule has 0 heterocycles. The normalized spacial score (nSPS) is 12.0. The third kappa shape index (κ3) is 4.33. The molecule has 0 bridgehead atoms. The van der Waals surface area contributed by atoms with Crippen LogP contribution in [0.25, 0.3) is 0 Å². The van der Waals surface area contributed by atoms with Crippen LogP contribution in [0.4, 0.5) is 10.1 Å². The maximum Gasteiger partial charge on any atom is 0.225 e. The second-order valence-electron chi connectivity index (χ2n) is 4.06. The zero-order valence-electron chi connectivity index (χ0n) is 10.9. The van der Waals surface area contributed by atoms with E-state index in [4.69, 9.17) is 4.74 Å². The van der Waals surface area contributed by atoms with Crippen LogP contribution < -0.4 is 15.4 Å². The molecule has 0 aromatic heterocycles. The van der Waals surface area contributed by atoms with Crippen molar-refractivity contribution >= 4 is 11.6 Å². The van der Waals surface area contributed by atoms with Gasteiger partial charge in [0.2, 0.25) is 5.91 Å². The molecule has 18 heavy (non-hydrogen) atoms. The largest absolute Gasteiger partial charge is 0.494 e. The van der Waals surface area contributed by atoms with Crippen molar-refractivity contribution in [1.82, 2.24) is 5.32 Å². The quantitative estimate of drug-likeness (QED) is 0.818. The van der Waals surface area contributed by atoms with Gasteiger partial charge in [0.1, 0.15) is 0 Å². The number of methoxy groups -OCH3 is 1. The second-order valence-corrected chi connectivity index (χ2v) is 4.06. The van der Waals surface area contributed by atoms with Gasteiger partial charge in [-0.1, -0.05) is 6.92 Å². The van der Waals surface area contributed by atoms with Gasteiger partial charge in [0.05, 0.1) is 7.11 Å². The van der Waals surface area contributed by atoms with Crippen molar-refractivity contribution in [2.45, 2.75) is 26.3 Å². The van der Waals surface area contributed by atoms with Crippen LogP contribution in [-0.2, 0) is 4.79 Å². The molecule has 1 amide bonds. The highest BCUT2D eigenvalue weighted by atomic mass is 19.1. The van der Waals surface area contributed by atoms with Crippen LogP contribution in [0.2, 0.25) is 0 Å². The first-order valence-electron chi connectivity index (χ1n) is 5.93. The van der Waals surface area contributed by atoms with E-state index in [1.165, 1.54) is 25.3 Å². The third-order valence-electron chi connectivity index (χ3n) is 2.48. The van der Waals surface area contributed by atoms with Crippen LogP contribution in [0.5, 0.6) is 5.75 Å². The van der Waals surface area contributed by atoms with Crippen molar-refractivity contribution in [3.8, 4) is 5.75 Å². The van der Waals surface area contributed by atoms with Gasteiger partial charge in [0, 0.05) is 24.2 Å². The number of amides is 1. The van der Waals surface area contributed by atoms with Gasteiger partial charge < -0.3 is 15.4 Å². The summed E-state index contributed by atoms with van der Waals surface area (Å²) >= 11 is 0. The monoisotopic (exact) mass is 254 g/mol. The zero-order valence-corrected chi connectivity index (χ0v) is 10.9. The fraction of sp³-hybridized carbons (Fsp3) is 0.462. The Balaban J connectivity index is 2.59. The van der Waals surface area contributed by atoms with Gasteiger partial charge >= 0.3 is 0 Å². The maximum atomic E-state index is 13.2. The van der Waals surface area contributed by atoms with Gasteiger partial charge in [-0.3, -0.25) is 4.79 Å². The molecule has 5 heteroatoms. The molecule has 1 rings (SSSR count). The first kappa shape index (κ1) is 14.4. The van der Waals surface area contributed by atoms with Crippen LogP contribution in [0.15, 0.2) is 18.2 Å². The highest BCUT2D eigenvalue weighted by Gasteiger charge is 2.09. The lowest BCUT2D eigenvalue weighted by Crippen LogP contribution is -2.30. The highest BCUT2D eigenvalue weighted by molar-refractivity contribution is 5.91. The number of carbonyl (C=O) groups is 1. The Bertz CT molecular complexity index is 410. The number of anilines is 1. The first-order valence-corrected chi connectivity index (χ1v) is 5.93. The molecular weight excluding hydrogens is 235 g/mol. The van der Waals surface area contributed by atoms with E-state index in [2.05, 4.69) is 10.6 Å². The molecule has 4 nitrogen and oxygen atoms in total. The summed E-state index contributed by atoms with van der Waals surface area (Å²) in [5.41, 5.74) is 0.530. The summed E-state index contributed by atoms with van der Waals surface area (Å²) < 4.78 is 18.0.